The normalized spacial score (nSPS) is 11.2. The molecular weight excluding hydrogens is 116 g/mol. The van der Waals surface area contributed by atoms with Crippen molar-refractivity contribution in [3.05, 3.63) is 0 Å². The van der Waals surface area contributed by atoms with Crippen LogP contribution in [-0.4, -0.2) is 22.7 Å². The summed E-state index contributed by atoms with van der Waals surface area (Å²) in [5.41, 5.74) is 0. The lowest BCUT2D eigenvalue weighted by atomic mass is 10.5. The van der Waals surface area contributed by atoms with Crippen LogP contribution in [-0.2, 0) is 4.74 Å². The molecule has 1 nitrogen and oxygen atoms in total. The molecule has 0 saturated heterocycles. The summed E-state index contributed by atoms with van der Waals surface area (Å²) in [4.78, 5) is 0. The summed E-state index contributed by atoms with van der Waals surface area (Å²) < 4.78 is 5.16. The Morgan fingerprint density at radius 2 is 2.25 bits per heavy atom. The summed E-state index contributed by atoms with van der Waals surface area (Å²) in [7, 11) is 0.306. The molecule has 0 fully saturated rings. The second-order valence-electron chi connectivity index (χ2n) is 1.90. The maximum absolute atomic E-state index is 5.16. The van der Waals surface area contributed by atoms with E-state index in [2.05, 4.69) is 6.55 Å². The largest absolute Gasteiger partial charge is 0.382 e. The molecule has 0 radical (unpaired) electrons. The molecule has 0 aromatic rings. The molecule has 2 heteroatoms. The first-order chi connectivity index (χ1) is 3.91. The van der Waals surface area contributed by atoms with E-state index in [1.807, 2.05) is 6.92 Å². The van der Waals surface area contributed by atoms with E-state index in [1.165, 1.54) is 12.5 Å². The Bertz CT molecular complexity index is 33.5. The molecule has 0 saturated carbocycles. The van der Waals surface area contributed by atoms with Gasteiger partial charge in [-0.15, -0.1) is 0 Å². The van der Waals surface area contributed by atoms with E-state index in [4.69, 9.17) is 4.74 Å². The third-order valence-corrected chi connectivity index (χ3v) is 2.30. The Hall–Kier alpha value is 0.177. The predicted molar refractivity (Wildman–Crippen MR) is 40.3 cm³/mol. The molecule has 0 aromatic carbocycles. The second kappa shape index (κ2) is 7.18. The Kier molecular flexibility index (Phi) is 7.34. The van der Waals surface area contributed by atoms with Gasteiger partial charge in [0.15, 0.2) is 0 Å². The molecule has 0 aliphatic rings. The molecule has 0 rings (SSSR count). The fraction of sp³-hybridized carbons (Fsp3) is 1.00. The van der Waals surface area contributed by atoms with Crippen molar-refractivity contribution >= 4 is 9.52 Å². The van der Waals surface area contributed by atoms with E-state index in [0.717, 1.165) is 13.2 Å². The van der Waals surface area contributed by atoms with Crippen molar-refractivity contribution in [1.29, 1.82) is 0 Å². The van der Waals surface area contributed by atoms with Crippen LogP contribution in [0.1, 0.15) is 13.3 Å². The summed E-state index contributed by atoms with van der Waals surface area (Å²) in [5, 5.41) is 0. The molecule has 0 unspecified atom stereocenters. The molecule has 50 valence electrons. The van der Waals surface area contributed by atoms with Crippen molar-refractivity contribution in [3.63, 3.8) is 0 Å². The summed E-state index contributed by atoms with van der Waals surface area (Å²) in [6.07, 6.45) is 1.29. The average Bonchev–Trinajstić information content (AvgIpc) is 1.81. The van der Waals surface area contributed by atoms with Gasteiger partial charge in [-0.05, 0) is 13.3 Å². The minimum absolute atomic E-state index is 0.306. The minimum Gasteiger partial charge on any atom is -0.382 e. The van der Waals surface area contributed by atoms with Crippen molar-refractivity contribution in [2.75, 3.05) is 13.2 Å². The van der Waals surface area contributed by atoms with Crippen LogP contribution in [0, 0.1) is 0 Å². The fourth-order valence-electron chi connectivity index (χ4n) is 0.598. The highest BCUT2D eigenvalue weighted by atomic mass is 28.2. The van der Waals surface area contributed by atoms with Gasteiger partial charge in [0.2, 0.25) is 0 Å². The van der Waals surface area contributed by atoms with E-state index in [-0.39, 0.29) is 0 Å². The molecule has 0 bridgehead atoms. The van der Waals surface area contributed by atoms with Crippen LogP contribution in [0.25, 0.3) is 0 Å². The molecule has 0 aromatic heterocycles. The Balaban J connectivity index is 2.53. The van der Waals surface area contributed by atoms with Gasteiger partial charge >= 0.3 is 0 Å². The Morgan fingerprint density at radius 3 is 2.75 bits per heavy atom. The summed E-state index contributed by atoms with van der Waals surface area (Å²) in [6, 6.07) is 1.44. The van der Waals surface area contributed by atoms with Gasteiger partial charge in [-0.3, -0.25) is 0 Å². The highest BCUT2D eigenvalue weighted by Crippen LogP contribution is 1.88. The average molecular weight is 132 g/mol. The van der Waals surface area contributed by atoms with E-state index in [9.17, 15) is 0 Å². The van der Waals surface area contributed by atoms with E-state index in [1.54, 1.807) is 0 Å². The number of ether oxygens (including phenoxy) is 1. The van der Waals surface area contributed by atoms with Gasteiger partial charge < -0.3 is 4.74 Å². The van der Waals surface area contributed by atoms with Crippen LogP contribution < -0.4 is 0 Å². The molecule has 0 aliphatic heterocycles. The lowest BCUT2D eigenvalue weighted by Crippen LogP contribution is -1.93. The quantitative estimate of drug-likeness (QED) is 0.401. The van der Waals surface area contributed by atoms with Crippen LogP contribution in [0.3, 0.4) is 0 Å². The molecule has 8 heavy (non-hydrogen) atoms. The number of hydrogen-bond acceptors (Lipinski definition) is 1. The fourth-order valence-corrected chi connectivity index (χ4v) is 1.30. The van der Waals surface area contributed by atoms with Crippen molar-refractivity contribution in [1.82, 2.24) is 0 Å². The SMILES string of the molecule is CCOCCC[SiH2]C. The van der Waals surface area contributed by atoms with Crippen LogP contribution in [0.2, 0.25) is 12.6 Å². The molecule has 0 spiro atoms. The third kappa shape index (κ3) is 6.18. The summed E-state index contributed by atoms with van der Waals surface area (Å²) >= 11 is 0. The first-order valence-electron chi connectivity index (χ1n) is 3.49. The molecular formula is C6H16OSi. The molecule has 0 aliphatic carbocycles. The first-order valence-corrected chi connectivity index (χ1v) is 5.91. The lowest BCUT2D eigenvalue weighted by Gasteiger charge is -1.96. The van der Waals surface area contributed by atoms with Crippen LogP contribution in [0.5, 0.6) is 0 Å². The van der Waals surface area contributed by atoms with Gasteiger partial charge in [0, 0.05) is 22.7 Å². The maximum atomic E-state index is 5.16. The van der Waals surface area contributed by atoms with Gasteiger partial charge in [-0.1, -0.05) is 12.6 Å². The van der Waals surface area contributed by atoms with Crippen molar-refractivity contribution in [3.8, 4) is 0 Å². The maximum Gasteiger partial charge on any atom is 0.0463 e. The van der Waals surface area contributed by atoms with Gasteiger partial charge in [0.1, 0.15) is 0 Å². The highest BCUT2D eigenvalue weighted by Gasteiger charge is 1.83. The minimum atomic E-state index is 0.306. The van der Waals surface area contributed by atoms with Crippen molar-refractivity contribution in [2.45, 2.75) is 25.9 Å². The van der Waals surface area contributed by atoms with Gasteiger partial charge in [0.05, 0.1) is 0 Å². The monoisotopic (exact) mass is 132 g/mol. The zero-order valence-electron chi connectivity index (χ0n) is 5.94. The predicted octanol–water partition coefficient (Wildman–Crippen LogP) is 1.05. The van der Waals surface area contributed by atoms with Crippen molar-refractivity contribution in [2.24, 2.45) is 0 Å². The summed E-state index contributed by atoms with van der Waals surface area (Å²) in [5.74, 6) is 0. The van der Waals surface area contributed by atoms with Crippen LogP contribution in [0.4, 0.5) is 0 Å². The smallest absolute Gasteiger partial charge is 0.0463 e. The topological polar surface area (TPSA) is 9.23 Å². The molecule has 0 atom stereocenters. The Morgan fingerprint density at radius 1 is 1.50 bits per heavy atom. The second-order valence-corrected chi connectivity index (χ2v) is 3.61. The molecule has 0 heterocycles. The van der Waals surface area contributed by atoms with E-state index < -0.39 is 0 Å². The standard InChI is InChI=1S/C6H16OSi/c1-3-7-5-4-6-8-2/h3-6,8H2,1-2H3. The van der Waals surface area contributed by atoms with Crippen LogP contribution >= 0.6 is 0 Å². The van der Waals surface area contributed by atoms with Crippen LogP contribution in [0.15, 0.2) is 0 Å². The van der Waals surface area contributed by atoms with Gasteiger partial charge in [0.25, 0.3) is 0 Å². The molecule has 0 amide bonds. The zero-order chi connectivity index (χ0) is 6.24. The van der Waals surface area contributed by atoms with Gasteiger partial charge in [-0.25, -0.2) is 0 Å². The lowest BCUT2D eigenvalue weighted by molar-refractivity contribution is 0.148. The highest BCUT2D eigenvalue weighted by molar-refractivity contribution is 6.33. The van der Waals surface area contributed by atoms with E-state index in [0.29, 0.717) is 9.52 Å². The number of rotatable bonds is 5. The number of hydrogen-bond donors (Lipinski definition) is 0. The third-order valence-electron chi connectivity index (χ3n) is 1.10. The zero-order valence-corrected chi connectivity index (χ0v) is 7.36. The Labute approximate surface area is 54.3 Å². The van der Waals surface area contributed by atoms with Crippen molar-refractivity contribution < 1.29 is 4.74 Å². The van der Waals surface area contributed by atoms with E-state index >= 15 is 0 Å². The summed E-state index contributed by atoms with van der Waals surface area (Å²) in [6.45, 7) is 6.25. The first kappa shape index (κ1) is 8.18. The molecule has 0 N–H and O–H groups in total. The van der Waals surface area contributed by atoms with Gasteiger partial charge in [-0.2, -0.15) is 0 Å².